The molecule has 0 aliphatic heterocycles. The minimum absolute atomic E-state index is 0.707. The van der Waals surface area contributed by atoms with Gasteiger partial charge in [-0.1, -0.05) is 129 Å². The summed E-state index contributed by atoms with van der Waals surface area (Å²) < 4.78 is 5.40. The Morgan fingerprint density at radius 1 is 0.520 bits per heavy atom. The average molecular weight is 353 g/mol. The normalized spacial score (nSPS) is 11.1. The molecule has 0 saturated heterocycles. The molecule has 1 heteroatoms. The summed E-state index contributed by atoms with van der Waals surface area (Å²) in [7, 11) is 0. The number of ether oxygens (including phenoxy) is 1. The fourth-order valence-corrected chi connectivity index (χ4v) is 3.45. The first kappa shape index (κ1) is 24.7. The molecule has 0 N–H and O–H groups in total. The zero-order chi connectivity index (χ0) is 18.3. The Hall–Kier alpha value is -0.300. The maximum absolute atomic E-state index is 5.40. The van der Waals surface area contributed by atoms with Crippen molar-refractivity contribution in [2.45, 2.75) is 129 Å². The number of hydrogen-bond donors (Lipinski definition) is 0. The van der Waals surface area contributed by atoms with E-state index in [1.807, 2.05) is 6.08 Å². The Morgan fingerprint density at radius 2 is 0.840 bits per heavy atom. The molecule has 0 heterocycles. The summed E-state index contributed by atoms with van der Waals surface area (Å²) in [4.78, 5) is 0. The van der Waals surface area contributed by atoms with E-state index in [9.17, 15) is 0 Å². The van der Waals surface area contributed by atoms with Gasteiger partial charge in [0.2, 0.25) is 0 Å². The maximum atomic E-state index is 5.40. The van der Waals surface area contributed by atoms with Crippen molar-refractivity contribution in [3.63, 3.8) is 0 Å². The van der Waals surface area contributed by atoms with Crippen LogP contribution in [0.2, 0.25) is 0 Å². The van der Waals surface area contributed by atoms with Crippen LogP contribution in [0.1, 0.15) is 129 Å². The summed E-state index contributed by atoms with van der Waals surface area (Å²) in [6.07, 6.45) is 29.0. The summed E-state index contributed by atoms with van der Waals surface area (Å²) in [5.74, 6) is 0. The molecule has 0 aliphatic rings. The van der Waals surface area contributed by atoms with E-state index < -0.39 is 0 Å². The van der Waals surface area contributed by atoms with Crippen LogP contribution in [0.15, 0.2) is 12.7 Å². The standard InChI is InChI=1S/C24H48O/c1-3-5-6-7-8-9-10-11-12-13-14-15-16-17-18-19-20-21-22-24-25-23-4-2/h4H,2-3,5-24H2,1H3. The van der Waals surface area contributed by atoms with Gasteiger partial charge < -0.3 is 4.74 Å². The predicted molar refractivity (Wildman–Crippen MR) is 114 cm³/mol. The van der Waals surface area contributed by atoms with Crippen LogP contribution in [0.3, 0.4) is 0 Å². The van der Waals surface area contributed by atoms with Gasteiger partial charge in [-0.25, -0.2) is 0 Å². The average Bonchev–Trinajstić information content (AvgIpc) is 2.63. The van der Waals surface area contributed by atoms with Crippen molar-refractivity contribution in [2.75, 3.05) is 13.2 Å². The summed E-state index contributed by atoms with van der Waals surface area (Å²) in [5.41, 5.74) is 0. The Balaban J connectivity index is 2.95. The first-order valence-electron chi connectivity index (χ1n) is 11.6. The number of rotatable bonds is 22. The molecule has 0 aromatic carbocycles. The molecule has 0 rings (SSSR count). The first-order chi connectivity index (χ1) is 12.4. The van der Waals surface area contributed by atoms with Crippen molar-refractivity contribution in [1.29, 1.82) is 0 Å². The van der Waals surface area contributed by atoms with Gasteiger partial charge in [0, 0.05) is 6.61 Å². The van der Waals surface area contributed by atoms with E-state index in [0.29, 0.717) is 6.61 Å². The van der Waals surface area contributed by atoms with Gasteiger partial charge in [0.05, 0.1) is 6.61 Å². The van der Waals surface area contributed by atoms with E-state index in [1.54, 1.807) is 0 Å². The Morgan fingerprint density at radius 3 is 1.16 bits per heavy atom. The Labute approximate surface area is 160 Å². The lowest BCUT2D eigenvalue weighted by Gasteiger charge is -2.04. The third-order valence-electron chi connectivity index (χ3n) is 5.13. The second-order valence-electron chi connectivity index (χ2n) is 7.73. The van der Waals surface area contributed by atoms with Gasteiger partial charge in [-0.05, 0) is 6.42 Å². The van der Waals surface area contributed by atoms with E-state index >= 15 is 0 Å². The molecule has 1 nitrogen and oxygen atoms in total. The second-order valence-corrected chi connectivity index (χ2v) is 7.73. The van der Waals surface area contributed by atoms with Crippen molar-refractivity contribution in [2.24, 2.45) is 0 Å². The molecule has 0 atom stereocenters. The van der Waals surface area contributed by atoms with E-state index in [4.69, 9.17) is 4.74 Å². The van der Waals surface area contributed by atoms with Gasteiger partial charge in [-0.2, -0.15) is 0 Å². The molecule has 0 fully saturated rings. The largest absolute Gasteiger partial charge is 0.377 e. The molecule has 0 unspecified atom stereocenters. The molecule has 0 bridgehead atoms. The van der Waals surface area contributed by atoms with Crippen LogP contribution in [-0.2, 0) is 4.74 Å². The van der Waals surface area contributed by atoms with Crippen LogP contribution in [-0.4, -0.2) is 13.2 Å². The quantitative estimate of drug-likeness (QED) is 0.140. The molecule has 0 spiro atoms. The molecular weight excluding hydrogens is 304 g/mol. The van der Waals surface area contributed by atoms with Crippen LogP contribution in [0.4, 0.5) is 0 Å². The highest BCUT2D eigenvalue weighted by atomic mass is 16.5. The van der Waals surface area contributed by atoms with Crippen LogP contribution in [0, 0.1) is 0 Å². The van der Waals surface area contributed by atoms with Gasteiger partial charge in [0.1, 0.15) is 0 Å². The molecule has 0 aliphatic carbocycles. The molecule has 0 aromatic heterocycles. The highest BCUT2D eigenvalue weighted by Gasteiger charge is 1.95. The van der Waals surface area contributed by atoms with Crippen LogP contribution >= 0.6 is 0 Å². The van der Waals surface area contributed by atoms with Crippen molar-refractivity contribution in [3.05, 3.63) is 12.7 Å². The fraction of sp³-hybridized carbons (Fsp3) is 0.917. The summed E-state index contributed by atoms with van der Waals surface area (Å²) in [5, 5.41) is 0. The second kappa shape index (κ2) is 23.7. The SMILES string of the molecule is C=CCOCCCCCCCCCCCCCCCCCCCCC. The molecule has 25 heavy (non-hydrogen) atoms. The van der Waals surface area contributed by atoms with E-state index in [-0.39, 0.29) is 0 Å². The van der Waals surface area contributed by atoms with Gasteiger partial charge in [-0.15, -0.1) is 6.58 Å². The lowest BCUT2D eigenvalue weighted by molar-refractivity contribution is 0.157. The molecular formula is C24H48O. The van der Waals surface area contributed by atoms with Gasteiger partial charge in [-0.3, -0.25) is 0 Å². The maximum Gasteiger partial charge on any atom is 0.0644 e. The number of hydrogen-bond acceptors (Lipinski definition) is 1. The van der Waals surface area contributed by atoms with Crippen LogP contribution < -0.4 is 0 Å². The third kappa shape index (κ3) is 23.7. The van der Waals surface area contributed by atoms with E-state index in [0.717, 1.165) is 6.61 Å². The van der Waals surface area contributed by atoms with Crippen LogP contribution in [0.25, 0.3) is 0 Å². The summed E-state index contributed by atoms with van der Waals surface area (Å²) in [6, 6.07) is 0. The van der Waals surface area contributed by atoms with E-state index in [2.05, 4.69) is 13.5 Å². The van der Waals surface area contributed by atoms with E-state index in [1.165, 1.54) is 122 Å². The topological polar surface area (TPSA) is 9.23 Å². The number of unbranched alkanes of at least 4 members (excludes halogenated alkanes) is 18. The lowest BCUT2D eigenvalue weighted by Crippen LogP contribution is -1.93. The van der Waals surface area contributed by atoms with Crippen molar-refractivity contribution < 1.29 is 4.74 Å². The van der Waals surface area contributed by atoms with Crippen LogP contribution in [0.5, 0.6) is 0 Å². The highest BCUT2D eigenvalue weighted by Crippen LogP contribution is 2.14. The highest BCUT2D eigenvalue weighted by molar-refractivity contribution is 4.63. The third-order valence-corrected chi connectivity index (χ3v) is 5.13. The van der Waals surface area contributed by atoms with Crippen molar-refractivity contribution in [3.8, 4) is 0 Å². The van der Waals surface area contributed by atoms with Gasteiger partial charge >= 0.3 is 0 Å². The zero-order valence-corrected chi connectivity index (χ0v) is 17.5. The fourth-order valence-electron chi connectivity index (χ4n) is 3.45. The van der Waals surface area contributed by atoms with Crippen molar-refractivity contribution >= 4 is 0 Å². The molecule has 0 saturated carbocycles. The van der Waals surface area contributed by atoms with Crippen molar-refractivity contribution in [1.82, 2.24) is 0 Å². The minimum atomic E-state index is 0.707. The van der Waals surface area contributed by atoms with Gasteiger partial charge in [0.25, 0.3) is 0 Å². The summed E-state index contributed by atoms with van der Waals surface area (Å²) in [6.45, 7) is 7.57. The Bertz CT molecular complexity index is 236. The monoisotopic (exact) mass is 352 g/mol. The lowest BCUT2D eigenvalue weighted by atomic mass is 10.0. The first-order valence-corrected chi connectivity index (χ1v) is 11.6. The zero-order valence-electron chi connectivity index (χ0n) is 17.5. The smallest absolute Gasteiger partial charge is 0.0644 e. The molecule has 0 radical (unpaired) electrons. The predicted octanol–water partition coefficient (Wildman–Crippen LogP) is 8.62. The van der Waals surface area contributed by atoms with Gasteiger partial charge in [0.15, 0.2) is 0 Å². The summed E-state index contributed by atoms with van der Waals surface area (Å²) >= 11 is 0. The molecule has 0 aromatic rings. The minimum Gasteiger partial charge on any atom is -0.377 e. The molecule has 150 valence electrons. The molecule has 0 amide bonds. The Kier molecular flexibility index (Phi) is 23.4.